The molecule has 0 radical (unpaired) electrons. The lowest BCUT2D eigenvalue weighted by Crippen LogP contribution is -2.44. The van der Waals surface area contributed by atoms with E-state index >= 15 is 0 Å². The Hall–Kier alpha value is -3.10. The van der Waals surface area contributed by atoms with Gasteiger partial charge in [-0.05, 0) is 17.7 Å². The summed E-state index contributed by atoms with van der Waals surface area (Å²) in [7, 11) is 1.65. The van der Waals surface area contributed by atoms with Crippen molar-refractivity contribution in [1.29, 1.82) is 0 Å². The van der Waals surface area contributed by atoms with Crippen LogP contribution in [-0.2, 0) is 20.9 Å². The van der Waals surface area contributed by atoms with Crippen molar-refractivity contribution >= 4 is 11.9 Å². The van der Waals surface area contributed by atoms with E-state index in [4.69, 9.17) is 34.0 Å². The van der Waals surface area contributed by atoms with Crippen LogP contribution in [-0.4, -0.2) is 66.6 Å². The Morgan fingerprint density at radius 2 is 1.66 bits per heavy atom. The smallest absolute Gasteiger partial charge is 0.414 e. The third-order valence-electron chi connectivity index (χ3n) is 4.15. The Morgan fingerprint density at radius 1 is 1.03 bits per heavy atom. The zero-order valence-electron chi connectivity index (χ0n) is 16.2. The molecule has 8 heteroatoms. The summed E-state index contributed by atoms with van der Waals surface area (Å²) in [6.07, 6.45) is 0.0809. The monoisotopic (exact) mass is 403 g/mol. The molecule has 29 heavy (non-hydrogen) atoms. The topological polar surface area (TPSA) is 106 Å². The maximum atomic E-state index is 9.10. The van der Waals surface area contributed by atoms with Gasteiger partial charge in [-0.2, -0.15) is 0 Å². The van der Waals surface area contributed by atoms with Crippen LogP contribution in [0.1, 0.15) is 5.56 Å². The molecule has 0 aromatic heterocycles. The summed E-state index contributed by atoms with van der Waals surface area (Å²) in [6, 6.07) is 18.2. The molecule has 2 aromatic carbocycles. The van der Waals surface area contributed by atoms with Crippen LogP contribution in [0.15, 0.2) is 54.6 Å². The number of carbonyl (C=O) groups is 2. The number of carboxylic acid groups (broad SMARTS) is 2. The van der Waals surface area contributed by atoms with E-state index in [1.165, 1.54) is 5.56 Å². The van der Waals surface area contributed by atoms with Gasteiger partial charge in [0.2, 0.25) is 0 Å². The third kappa shape index (κ3) is 7.81. The Labute approximate surface area is 169 Å². The van der Waals surface area contributed by atoms with Crippen molar-refractivity contribution in [2.45, 2.75) is 12.6 Å². The summed E-state index contributed by atoms with van der Waals surface area (Å²) in [5.41, 5.74) is 1.33. The standard InChI is InChI=1S/C19H23NO3.C2H2O4/c1-21-18-9-5-6-10-19(18)23-15-17-14-20(11-12-22-17)13-16-7-3-2-4-8-16;3-1(4)2(5)6/h2-10,17H,11-15H2,1H3;(H,3,4)(H,5,6). The Bertz CT molecular complexity index is 770. The maximum absolute atomic E-state index is 9.10. The van der Waals surface area contributed by atoms with Gasteiger partial charge in [0.1, 0.15) is 12.7 Å². The third-order valence-corrected chi connectivity index (χ3v) is 4.15. The van der Waals surface area contributed by atoms with Crippen LogP contribution in [0.5, 0.6) is 11.5 Å². The van der Waals surface area contributed by atoms with Crippen LogP contribution in [0, 0.1) is 0 Å². The van der Waals surface area contributed by atoms with Gasteiger partial charge in [0.25, 0.3) is 0 Å². The lowest BCUT2D eigenvalue weighted by atomic mass is 10.2. The van der Waals surface area contributed by atoms with Crippen molar-refractivity contribution in [3.63, 3.8) is 0 Å². The summed E-state index contributed by atoms with van der Waals surface area (Å²) in [6.45, 7) is 4.07. The fourth-order valence-corrected chi connectivity index (χ4v) is 2.79. The number of carboxylic acids is 2. The first-order valence-corrected chi connectivity index (χ1v) is 9.09. The quantitative estimate of drug-likeness (QED) is 0.707. The summed E-state index contributed by atoms with van der Waals surface area (Å²) >= 11 is 0. The minimum atomic E-state index is -1.82. The normalized spacial score (nSPS) is 16.2. The molecule has 1 unspecified atom stereocenters. The predicted molar refractivity (Wildman–Crippen MR) is 105 cm³/mol. The molecule has 156 valence electrons. The van der Waals surface area contributed by atoms with Crippen molar-refractivity contribution in [2.75, 3.05) is 33.4 Å². The fourth-order valence-electron chi connectivity index (χ4n) is 2.79. The number of morpholine rings is 1. The van der Waals surface area contributed by atoms with Crippen molar-refractivity contribution in [3.05, 3.63) is 60.2 Å². The lowest BCUT2D eigenvalue weighted by Gasteiger charge is -2.32. The van der Waals surface area contributed by atoms with Gasteiger partial charge < -0.3 is 24.4 Å². The van der Waals surface area contributed by atoms with E-state index in [0.29, 0.717) is 6.61 Å². The van der Waals surface area contributed by atoms with Gasteiger partial charge in [-0.3, -0.25) is 4.90 Å². The van der Waals surface area contributed by atoms with Crippen molar-refractivity contribution in [2.24, 2.45) is 0 Å². The molecular formula is C21H25NO7. The highest BCUT2D eigenvalue weighted by molar-refractivity contribution is 6.27. The van der Waals surface area contributed by atoms with Gasteiger partial charge in [-0.25, -0.2) is 9.59 Å². The van der Waals surface area contributed by atoms with Gasteiger partial charge in [-0.15, -0.1) is 0 Å². The number of hydrogen-bond acceptors (Lipinski definition) is 6. The number of rotatable bonds is 6. The summed E-state index contributed by atoms with van der Waals surface area (Å²) < 4.78 is 17.0. The van der Waals surface area contributed by atoms with Crippen molar-refractivity contribution in [1.82, 2.24) is 4.90 Å². The largest absolute Gasteiger partial charge is 0.493 e. The first-order valence-electron chi connectivity index (χ1n) is 9.09. The van der Waals surface area contributed by atoms with Crippen molar-refractivity contribution in [3.8, 4) is 11.5 Å². The highest BCUT2D eigenvalue weighted by atomic mass is 16.5. The first kappa shape index (κ1) is 22.2. The summed E-state index contributed by atoms with van der Waals surface area (Å²) in [5.74, 6) is -2.13. The second-order valence-electron chi connectivity index (χ2n) is 6.29. The molecular weight excluding hydrogens is 378 g/mol. The van der Waals surface area contributed by atoms with E-state index in [0.717, 1.165) is 37.7 Å². The van der Waals surface area contributed by atoms with Crippen LogP contribution < -0.4 is 9.47 Å². The van der Waals surface area contributed by atoms with E-state index < -0.39 is 11.9 Å². The van der Waals surface area contributed by atoms with Gasteiger partial charge in [0, 0.05) is 19.6 Å². The Balaban J connectivity index is 0.000000438. The molecule has 0 bridgehead atoms. The number of aliphatic carboxylic acids is 2. The molecule has 1 heterocycles. The van der Waals surface area contributed by atoms with Gasteiger partial charge >= 0.3 is 11.9 Å². The SMILES string of the molecule is COc1ccccc1OCC1CN(Cc2ccccc2)CCO1.O=C(O)C(=O)O. The molecule has 0 amide bonds. The Morgan fingerprint density at radius 3 is 2.28 bits per heavy atom. The number of nitrogens with zero attached hydrogens (tertiary/aromatic N) is 1. The average molecular weight is 403 g/mol. The molecule has 2 aromatic rings. The number of benzene rings is 2. The van der Waals surface area contributed by atoms with Crippen LogP contribution in [0.4, 0.5) is 0 Å². The highest BCUT2D eigenvalue weighted by Crippen LogP contribution is 2.26. The molecule has 2 N–H and O–H groups in total. The average Bonchev–Trinajstić information content (AvgIpc) is 2.74. The van der Waals surface area contributed by atoms with E-state index in [1.807, 2.05) is 30.3 Å². The minimum absolute atomic E-state index is 0.0809. The van der Waals surface area contributed by atoms with E-state index in [1.54, 1.807) is 7.11 Å². The Kier molecular flexibility index (Phi) is 8.94. The zero-order chi connectivity index (χ0) is 21.1. The van der Waals surface area contributed by atoms with Crippen molar-refractivity contribution < 1.29 is 34.0 Å². The second kappa shape index (κ2) is 11.7. The second-order valence-corrected chi connectivity index (χ2v) is 6.29. The fraction of sp³-hybridized carbons (Fsp3) is 0.333. The molecule has 1 aliphatic rings. The molecule has 1 atom stereocenters. The maximum Gasteiger partial charge on any atom is 0.414 e. The van der Waals surface area contributed by atoms with Crippen LogP contribution in [0.3, 0.4) is 0 Å². The molecule has 1 aliphatic heterocycles. The van der Waals surface area contributed by atoms with Gasteiger partial charge in [-0.1, -0.05) is 42.5 Å². The van der Waals surface area contributed by atoms with E-state index in [-0.39, 0.29) is 6.10 Å². The molecule has 0 spiro atoms. The summed E-state index contributed by atoms with van der Waals surface area (Å²) in [4.78, 5) is 20.6. The number of ether oxygens (including phenoxy) is 3. The molecule has 0 saturated carbocycles. The number of hydrogen-bond donors (Lipinski definition) is 2. The summed E-state index contributed by atoms with van der Waals surface area (Å²) in [5, 5.41) is 14.8. The van der Waals surface area contributed by atoms with Crippen LogP contribution in [0.2, 0.25) is 0 Å². The molecule has 3 rings (SSSR count). The molecule has 1 saturated heterocycles. The zero-order valence-corrected chi connectivity index (χ0v) is 16.2. The van der Waals surface area contributed by atoms with E-state index in [2.05, 4.69) is 29.2 Å². The lowest BCUT2D eigenvalue weighted by molar-refractivity contribution is -0.159. The minimum Gasteiger partial charge on any atom is -0.493 e. The molecule has 0 aliphatic carbocycles. The van der Waals surface area contributed by atoms with Crippen LogP contribution in [0.25, 0.3) is 0 Å². The molecule has 1 fully saturated rings. The predicted octanol–water partition coefficient (Wildman–Crippen LogP) is 2.13. The van der Waals surface area contributed by atoms with Gasteiger partial charge in [0.05, 0.1) is 13.7 Å². The van der Waals surface area contributed by atoms with E-state index in [9.17, 15) is 0 Å². The number of para-hydroxylation sites is 2. The van der Waals surface area contributed by atoms with Gasteiger partial charge in [0.15, 0.2) is 11.5 Å². The number of methoxy groups -OCH3 is 1. The first-order chi connectivity index (χ1) is 14.0. The highest BCUT2D eigenvalue weighted by Gasteiger charge is 2.21. The van der Waals surface area contributed by atoms with Crippen LogP contribution >= 0.6 is 0 Å². The molecule has 8 nitrogen and oxygen atoms in total.